The molecule has 4 aromatic rings. The van der Waals surface area contributed by atoms with Crippen molar-refractivity contribution in [1.29, 1.82) is 5.26 Å². The first-order valence-electron chi connectivity index (χ1n) is 15.0. The van der Waals surface area contributed by atoms with E-state index in [2.05, 4.69) is 21.5 Å². The van der Waals surface area contributed by atoms with Crippen LogP contribution >= 0.6 is 11.6 Å². The van der Waals surface area contributed by atoms with Gasteiger partial charge in [-0.05, 0) is 18.5 Å². The van der Waals surface area contributed by atoms with Crippen molar-refractivity contribution >= 4 is 45.0 Å². The van der Waals surface area contributed by atoms with Crippen LogP contribution in [0, 0.1) is 23.1 Å². The summed E-state index contributed by atoms with van der Waals surface area (Å²) in [5, 5.41) is 11.5. The van der Waals surface area contributed by atoms with Gasteiger partial charge < -0.3 is 19.4 Å². The molecule has 0 aliphatic carbocycles. The number of piperidine rings is 1. The van der Waals surface area contributed by atoms with Crippen LogP contribution in [0.4, 0.5) is 23.4 Å². The van der Waals surface area contributed by atoms with E-state index in [1.165, 1.54) is 16.0 Å². The van der Waals surface area contributed by atoms with Crippen LogP contribution < -0.4 is 9.64 Å². The monoisotopic (exact) mass is 667 g/mol. The number of aromatic nitrogens is 3. The summed E-state index contributed by atoms with van der Waals surface area (Å²) in [5.41, 5.74) is 0.299. The molecule has 2 atom stereocenters. The summed E-state index contributed by atoms with van der Waals surface area (Å²) in [5.74, 6) is -6.05. The fraction of sp³-hybridized carbons (Fsp3) is 0.364. The number of likely N-dealkylation sites (tertiary alicyclic amines) is 1. The minimum atomic E-state index is -2.89. The second-order valence-corrected chi connectivity index (χ2v) is 12.4. The number of nitriles is 1. The van der Waals surface area contributed by atoms with Crippen LogP contribution in [0.3, 0.4) is 0 Å². The Morgan fingerprint density at radius 3 is 2.68 bits per heavy atom. The van der Waals surface area contributed by atoms with Gasteiger partial charge in [-0.3, -0.25) is 9.78 Å². The molecule has 0 spiro atoms. The van der Waals surface area contributed by atoms with Gasteiger partial charge in [0.05, 0.1) is 37.1 Å². The Morgan fingerprint density at radius 1 is 1.19 bits per heavy atom. The number of rotatable bonds is 7. The molecule has 4 heterocycles. The van der Waals surface area contributed by atoms with Gasteiger partial charge in [0.25, 0.3) is 11.8 Å². The zero-order valence-corrected chi connectivity index (χ0v) is 26.2. The molecule has 2 aromatic heterocycles. The van der Waals surface area contributed by atoms with E-state index in [0.717, 1.165) is 5.39 Å². The number of halogens is 5. The lowest BCUT2D eigenvalue weighted by molar-refractivity contribution is -0.131. The molecule has 47 heavy (non-hydrogen) atoms. The summed E-state index contributed by atoms with van der Waals surface area (Å²) in [6, 6.07) is 11.7. The Balaban J connectivity index is 1.44. The van der Waals surface area contributed by atoms with E-state index in [1.54, 1.807) is 36.2 Å². The topological polar surface area (TPSA) is 98.5 Å². The number of fused-ring (bicyclic) bond motifs is 2. The number of amides is 1. The highest BCUT2D eigenvalue weighted by atomic mass is 35.5. The highest BCUT2D eigenvalue weighted by molar-refractivity contribution is 6.36. The van der Waals surface area contributed by atoms with Gasteiger partial charge in [-0.15, -0.1) is 0 Å². The van der Waals surface area contributed by atoms with Crippen LogP contribution in [0.15, 0.2) is 55.0 Å². The largest absolute Gasteiger partial charge is 0.463 e. The van der Waals surface area contributed by atoms with E-state index >= 15 is 4.39 Å². The van der Waals surface area contributed by atoms with Crippen LogP contribution in [-0.4, -0.2) is 89.0 Å². The van der Waals surface area contributed by atoms with Gasteiger partial charge in [0, 0.05) is 60.7 Å². The van der Waals surface area contributed by atoms with Gasteiger partial charge in [0.15, 0.2) is 11.6 Å². The van der Waals surface area contributed by atoms with Crippen LogP contribution in [0.25, 0.3) is 32.9 Å². The van der Waals surface area contributed by atoms with Crippen molar-refractivity contribution in [1.82, 2.24) is 24.8 Å². The third-order valence-corrected chi connectivity index (χ3v) is 8.78. The number of nitrogens with zero attached hydrogens (tertiary/aromatic N) is 7. The van der Waals surface area contributed by atoms with Crippen molar-refractivity contribution in [2.75, 3.05) is 51.3 Å². The normalized spacial score (nSPS) is 19.9. The molecule has 0 N–H and O–H groups in total. The maximum Gasteiger partial charge on any atom is 0.319 e. The molecule has 0 saturated carbocycles. The minimum Gasteiger partial charge on any atom is -0.463 e. The summed E-state index contributed by atoms with van der Waals surface area (Å²) < 4.78 is 64.9. The quantitative estimate of drug-likeness (QED) is 0.174. The third-order valence-electron chi connectivity index (χ3n) is 8.46. The number of piperazine rings is 1. The van der Waals surface area contributed by atoms with Gasteiger partial charge in [-0.25, -0.2) is 17.6 Å². The molecule has 1 amide bonds. The van der Waals surface area contributed by atoms with E-state index in [0.29, 0.717) is 22.5 Å². The number of hydrogen-bond donors (Lipinski definition) is 0. The minimum absolute atomic E-state index is 0.0143. The van der Waals surface area contributed by atoms with Crippen molar-refractivity contribution in [3.63, 3.8) is 0 Å². The third kappa shape index (κ3) is 6.53. The standard InChI is InChI=1S/C33H30ClF4N7O2/c1-19(35)31(46)45-12-11-44(16-22(45)9-10-39)30-24-14-40-28(23-7-3-5-21-6-4-8-25(34)26(21)23)27(36)29(24)41-32(42-30)47-17-20-13-33(37,38)18-43(2)15-20/h3-8,14,20,22H,1,9,11-13,15-18H2,2H3/t20-,22+/m1/s1. The first kappa shape index (κ1) is 32.4. The zero-order chi connectivity index (χ0) is 33.5. The Hall–Kier alpha value is -4.54. The van der Waals surface area contributed by atoms with E-state index in [4.69, 9.17) is 16.3 Å². The molecule has 9 nitrogen and oxygen atoms in total. The Labute approximate surface area is 273 Å². The maximum absolute atomic E-state index is 16.6. The predicted octanol–water partition coefficient (Wildman–Crippen LogP) is 6.02. The Bertz CT molecular complexity index is 1910. The molecule has 0 radical (unpaired) electrons. The zero-order valence-electron chi connectivity index (χ0n) is 25.4. The number of carbonyl (C=O) groups is 1. The summed E-state index contributed by atoms with van der Waals surface area (Å²) in [4.78, 5) is 30.4. The molecule has 0 bridgehead atoms. The summed E-state index contributed by atoms with van der Waals surface area (Å²) >= 11 is 6.53. The Kier molecular flexibility index (Phi) is 8.91. The molecular formula is C33H30ClF4N7O2. The van der Waals surface area contributed by atoms with Gasteiger partial charge in [0.2, 0.25) is 0 Å². The van der Waals surface area contributed by atoms with Crippen molar-refractivity contribution < 1.29 is 27.1 Å². The van der Waals surface area contributed by atoms with Crippen molar-refractivity contribution in [3.8, 4) is 23.3 Å². The van der Waals surface area contributed by atoms with Gasteiger partial charge >= 0.3 is 6.01 Å². The van der Waals surface area contributed by atoms with E-state index < -0.39 is 35.4 Å². The lowest BCUT2D eigenvalue weighted by Crippen LogP contribution is -2.55. The van der Waals surface area contributed by atoms with Crippen molar-refractivity contribution in [2.45, 2.75) is 24.8 Å². The fourth-order valence-corrected chi connectivity index (χ4v) is 6.80. The first-order chi connectivity index (χ1) is 22.5. The van der Waals surface area contributed by atoms with E-state index in [-0.39, 0.29) is 74.1 Å². The van der Waals surface area contributed by atoms with Gasteiger partial charge in [-0.2, -0.15) is 15.2 Å². The molecular weight excluding hydrogens is 638 g/mol. The molecule has 14 heteroatoms. The SMILES string of the molecule is C=C(F)C(=O)N1CCN(c2nc(OC[C@H]3CN(C)CC(F)(F)C3)nc3c(F)c(-c4cccc5cccc(Cl)c45)ncc23)C[C@@H]1CC#N. The lowest BCUT2D eigenvalue weighted by Gasteiger charge is -2.41. The highest BCUT2D eigenvalue weighted by Crippen LogP contribution is 2.38. The molecule has 2 saturated heterocycles. The molecule has 244 valence electrons. The van der Waals surface area contributed by atoms with Gasteiger partial charge in [-0.1, -0.05) is 48.5 Å². The van der Waals surface area contributed by atoms with Crippen molar-refractivity contribution in [3.05, 3.63) is 65.8 Å². The lowest BCUT2D eigenvalue weighted by atomic mass is 9.96. The molecule has 2 aromatic carbocycles. The second kappa shape index (κ2) is 12.9. The molecule has 2 aliphatic rings. The average Bonchev–Trinajstić information content (AvgIpc) is 3.02. The highest BCUT2D eigenvalue weighted by Gasteiger charge is 2.39. The number of anilines is 1. The summed E-state index contributed by atoms with van der Waals surface area (Å²) in [6.07, 6.45) is 0.942. The molecule has 0 unspecified atom stereocenters. The molecule has 6 rings (SSSR count). The summed E-state index contributed by atoms with van der Waals surface area (Å²) in [6.45, 7) is 3.20. The van der Waals surface area contributed by atoms with Crippen LogP contribution in [-0.2, 0) is 4.79 Å². The Morgan fingerprint density at radius 2 is 1.96 bits per heavy atom. The van der Waals surface area contributed by atoms with Gasteiger partial charge in [0.1, 0.15) is 17.0 Å². The second-order valence-electron chi connectivity index (χ2n) is 12.0. The van der Waals surface area contributed by atoms with E-state index in [9.17, 15) is 23.2 Å². The number of carbonyl (C=O) groups excluding carboxylic acids is 1. The first-order valence-corrected chi connectivity index (χ1v) is 15.3. The van der Waals surface area contributed by atoms with Crippen LogP contribution in [0.2, 0.25) is 5.02 Å². The number of hydrogen-bond acceptors (Lipinski definition) is 8. The fourth-order valence-electron chi connectivity index (χ4n) is 6.51. The van der Waals surface area contributed by atoms with Crippen LogP contribution in [0.5, 0.6) is 6.01 Å². The number of ether oxygens (including phenoxy) is 1. The number of alkyl halides is 2. The van der Waals surface area contributed by atoms with Crippen molar-refractivity contribution in [2.24, 2.45) is 5.92 Å². The maximum atomic E-state index is 16.6. The summed E-state index contributed by atoms with van der Waals surface area (Å²) in [7, 11) is 1.61. The predicted molar refractivity (Wildman–Crippen MR) is 169 cm³/mol. The van der Waals surface area contributed by atoms with E-state index in [1.807, 2.05) is 18.2 Å². The smallest absolute Gasteiger partial charge is 0.319 e. The molecule has 2 aliphatic heterocycles. The number of benzene rings is 2. The van der Waals surface area contributed by atoms with Crippen LogP contribution in [0.1, 0.15) is 12.8 Å². The average molecular weight is 668 g/mol. The molecule has 2 fully saturated rings. The number of pyridine rings is 1.